The van der Waals surface area contributed by atoms with Crippen molar-refractivity contribution in [3.05, 3.63) is 10.2 Å². The van der Waals surface area contributed by atoms with E-state index in [1.165, 1.54) is 7.11 Å². The Balaban J connectivity index is 2.24. The smallest absolute Gasteiger partial charge is 0.355 e. The first-order valence-electron chi connectivity index (χ1n) is 5.29. The Morgan fingerprint density at radius 2 is 2.19 bits per heavy atom. The van der Waals surface area contributed by atoms with Crippen LogP contribution in [0.2, 0.25) is 0 Å². The van der Waals surface area contributed by atoms with E-state index < -0.39 is 5.97 Å². The highest BCUT2D eigenvalue weighted by atomic mass is 79.9. The molecule has 1 saturated heterocycles. The van der Waals surface area contributed by atoms with E-state index in [1.807, 2.05) is 13.8 Å². The first-order valence-corrected chi connectivity index (χ1v) is 6.08. The largest absolute Gasteiger partial charge is 0.464 e. The number of β-lactam (4-membered cyclic amide) rings is 1. The molecule has 0 aliphatic carbocycles. The molecule has 2 aliphatic rings. The minimum atomic E-state index is -0.440. The van der Waals surface area contributed by atoms with Crippen molar-refractivity contribution < 1.29 is 14.3 Å². The van der Waals surface area contributed by atoms with Gasteiger partial charge in [0.1, 0.15) is 5.70 Å². The van der Waals surface area contributed by atoms with Crippen LogP contribution in [0.4, 0.5) is 0 Å². The summed E-state index contributed by atoms with van der Waals surface area (Å²) in [6.45, 7) is 4.06. The van der Waals surface area contributed by atoms with Crippen molar-refractivity contribution in [1.82, 2.24) is 4.90 Å². The summed E-state index contributed by atoms with van der Waals surface area (Å²) in [5, 5.41) is 0. The lowest BCUT2D eigenvalue weighted by atomic mass is 9.79. The van der Waals surface area contributed by atoms with Gasteiger partial charge in [-0.05, 0) is 5.92 Å². The van der Waals surface area contributed by atoms with Crippen molar-refractivity contribution in [1.29, 1.82) is 0 Å². The average Bonchev–Trinajstić information content (AvgIpc) is 2.50. The van der Waals surface area contributed by atoms with Crippen LogP contribution < -0.4 is 0 Å². The second kappa shape index (κ2) is 3.87. The number of hydrogen-bond donors (Lipinski definition) is 0. The predicted octanol–water partition coefficient (Wildman–Crippen LogP) is 1.65. The third-order valence-corrected chi connectivity index (χ3v) is 3.95. The lowest BCUT2D eigenvalue weighted by molar-refractivity contribution is -0.158. The summed E-state index contributed by atoms with van der Waals surface area (Å²) in [6, 6.07) is 0.135. The summed E-state index contributed by atoms with van der Waals surface area (Å²) in [7, 11) is 1.33. The van der Waals surface area contributed by atoms with Gasteiger partial charge in [-0.2, -0.15) is 0 Å². The Hall–Kier alpha value is -0.840. The summed E-state index contributed by atoms with van der Waals surface area (Å²) >= 11 is 3.36. The molecule has 0 bridgehead atoms. The molecule has 0 aromatic heterocycles. The van der Waals surface area contributed by atoms with Crippen LogP contribution in [0.3, 0.4) is 0 Å². The fourth-order valence-electron chi connectivity index (χ4n) is 2.51. The lowest BCUT2D eigenvalue weighted by Crippen LogP contribution is -2.60. The lowest BCUT2D eigenvalue weighted by Gasteiger charge is -2.45. The van der Waals surface area contributed by atoms with Crippen molar-refractivity contribution >= 4 is 27.8 Å². The number of carbonyl (C=O) groups excluding carboxylic acids is 2. The van der Waals surface area contributed by atoms with E-state index in [9.17, 15) is 9.59 Å². The van der Waals surface area contributed by atoms with Crippen molar-refractivity contribution in [2.75, 3.05) is 7.11 Å². The molecule has 0 saturated carbocycles. The Labute approximate surface area is 103 Å². The number of halogens is 1. The van der Waals surface area contributed by atoms with Gasteiger partial charge in [0, 0.05) is 10.9 Å². The number of nitrogens with zero attached hydrogens (tertiary/aromatic N) is 1. The van der Waals surface area contributed by atoms with Gasteiger partial charge in [0.05, 0.1) is 19.1 Å². The van der Waals surface area contributed by atoms with Crippen LogP contribution in [0.25, 0.3) is 0 Å². The topological polar surface area (TPSA) is 46.6 Å². The van der Waals surface area contributed by atoms with E-state index in [0.717, 1.165) is 10.9 Å². The number of ether oxygens (including phenoxy) is 1. The SMILES string of the molecule is COC(=O)C1=C(Br)CC2C(C(C)C)C(=O)N12. The van der Waals surface area contributed by atoms with Crippen LogP contribution >= 0.6 is 15.9 Å². The summed E-state index contributed by atoms with van der Waals surface area (Å²) in [4.78, 5) is 25.0. The fourth-order valence-corrected chi connectivity index (χ4v) is 3.19. The second-order valence-corrected chi connectivity index (χ2v) is 5.45. The van der Waals surface area contributed by atoms with Crippen LogP contribution in [0.15, 0.2) is 10.2 Å². The third-order valence-electron chi connectivity index (χ3n) is 3.25. The zero-order valence-electron chi connectivity index (χ0n) is 9.49. The summed E-state index contributed by atoms with van der Waals surface area (Å²) in [5.74, 6) is -0.0551. The second-order valence-electron chi connectivity index (χ2n) is 4.49. The molecule has 16 heavy (non-hydrogen) atoms. The third kappa shape index (κ3) is 1.41. The van der Waals surface area contributed by atoms with E-state index in [1.54, 1.807) is 4.90 Å². The molecule has 0 radical (unpaired) electrons. The number of fused-ring (bicyclic) bond motifs is 1. The van der Waals surface area contributed by atoms with Crippen molar-refractivity contribution in [3.8, 4) is 0 Å². The standard InChI is InChI=1S/C11H14BrNO3/c1-5(2)8-7-4-6(12)9(11(15)16-3)13(7)10(8)14/h5,7-8H,4H2,1-3H3. The van der Waals surface area contributed by atoms with Crippen molar-refractivity contribution in [3.63, 3.8) is 0 Å². The van der Waals surface area contributed by atoms with Gasteiger partial charge >= 0.3 is 5.97 Å². The maximum absolute atomic E-state index is 11.9. The molecule has 4 nitrogen and oxygen atoms in total. The van der Waals surface area contributed by atoms with Gasteiger partial charge in [-0.1, -0.05) is 29.8 Å². The summed E-state index contributed by atoms with van der Waals surface area (Å²) in [5.41, 5.74) is 0.384. The number of hydrogen-bond acceptors (Lipinski definition) is 3. The molecule has 1 amide bonds. The van der Waals surface area contributed by atoms with E-state index in [-0.39, 0.29) is 17.9 Å². The zero-order chi connectivity index (χ0) is 12.0. The van der Waals surface area contributed by atoms with Crippen molar-refractivity contribution in [2.24, 2.45) is 11.8 Å². The monoisotopic (exact) mass is 287 g/mol. The maximum Gasteiger partial charge on any atom is 0.355 e. The minimum Gasteiger partial charge on any atom is -0.464 e. The Kier molecular flexibility index (Phi) is 2.82. The summed E-state index contributed by atoms with van der Waals surface area (Å²) < 4.78 is 5.46. The zero-order valence-corrected chi connectivity index (χ0v) is 11.1. The molecule has 0 spiro atoms. The highest BCUT2D eigenvalue weighted by Crippen LogP contribution is 2.46. The molecule has 88 valence electrons. The molecule has 2 unspecified atom stereocenters. The highest BCUT2D eigenvalue weighted by molar-refractivity contribution is 9.11. The molecule has 5 heteroatoms. The fraction of sp³-hybridized carbons (Fsp3) is 0.636. The molecular formula is C11H14BrNO3. The van der Waals surface area contributed by atoms with Gasteiger partial charge in [-0.25, -0.2) is 4.79 Å². The molecule has 0 aromatic rings. The average molecular weight is 288 g/mol. The number of methoxy groups -OCH3 is 1. The Bertz CT molecular complexity index is 389. The van der Waals surface area contributed by atoms with Gasteiger partial charge in [-0.3, -0.25) is 4.79 Å². The quantitative estimate of drug-likeness (QED) is 0.573. The molecule has 1 fully saturated rings. The van der Waals surface area contributed by atoms with Gasteiger partial charge in [-0.15, -0.1) is 0 Å². The number of carbonyl (C=O) groups is 2. The number of amides is 1. The van der Waals surface area contributed by atoms with Gasteiger partial charge < -0.3 is 9.64 Å². The molecule has 2 heterocycles. The van der Waals surface area contributed by atoms with Gasteiger partial charge in [0.2, 0.25) is 5.91 Å². The van der Waals surface area contributed by atoms with E-state index >= 15 is 0 Å². The van der Waals surface area contributed by atoms with Gasteiger partial charge in [0.15, 0.2) is 0 Å². The van der Waals surface area contributed by atoms with Crippen molar-refractivity contribution in [2.45, 2.75) is 26.3 Å². The van der Waals surface area contributed by atoms with Crippen LogP contribution in [0.1, 0.15) is 20.3 Å². The van der Waals surface area contributed by atoms with Crippen LogP contribution in [-0.4, -0.2) is 29.9 Å². The molecule has 2 atom stereocenters. The Morgan fingerprint density at radius 3 is 2.69 bits per heavy atom. The number of rotatable bonds is 2. The van der Waals surface area contributed by atoms with E-state index in [0.29, 0.717) is 11.6 Å². The molecule has 0 N–H and O–H groups in total. The first kappa shape index (κ1) is 11.6. The predicted molar refractivity (Wildman–Crippen MR) is 61.5 cm³/mol. The normalized spacial score (nSPS) is 28.3. The van der Waals surface area contributed by atoms with Crippen LogP contribution in [0, 0.1) is 11.8 Å². The Morgan fingerprint density at radius 1 is 1.56 bits per heavy atom. The van der Waals surface area contributed by atoms with Crippen LogP contribution in [-0.2, 0) is 14.3 Å². The van der Waals surface area contributed by atoms with E-state index in [4.69, 9.17) is 0 Å². The van der Waals surface area contributed by atoms with E-state index in [2.05, 4.69) is 20.7 Å². The molecule has 0 aromatic carbocycles. The first-order chi connectivity index (χ1) is 7.49. The molecule has 2 aliphatic heterocycles. The minimum absolute atomic E-state index is 0.0368. The number of esters is 1. The molecular weight excluding hydrogens is 274 g/mol. The molecule has 2 rings (SSSR count). The van der Waals surface area contributed by atoms with Gasteiger partial charge in [0.25, 0.3) is 0 Å². The van der Waals surface area contributed by atoms with Crippen LogP contribution in [0.5, 0.6) is 0 Å². The summed E-state index contributed by atoms with van der Waals surface area (Å²) in [6.07, 6.45) is 0.721. The highest BCUT2D eigenvalue weighted by Gasteiger charge is 2.55. The maximum atomic E-state index is 11.9.